The number of aryl methyl sites for hydroxylation is 1. The van der Waals surface area contributed by atoms with Crippen molar-refractivity contribution in [2.75, 3.05) is 17.1 Å². The van der Waals surface area contributed by atoms with E-state index in [4.69, 9.17) is 4.74 Å². The van der Waals surface area contributed by atoms with E-state index in [1.165, 1.54) is 4.90 Å². The second-order valence-corrected chi connectivity index (χ2v) is 13.3. The van der Waals surface area contributed by atoms with Crippen LogP contribution in [0.5, 0.6) is 5.75 Å². The Labute approximate surface area is 266 Å². The van der Waals surface area contributed by atoms with Crippen molar-refractivity contribution in [1.82, 2.24) is 10.2 Å². The summed E-state index contributed by atoms with van der Waals surface area (Å²) < 4.78 is 33.1. The standard InChI is InChI=1S/C36H41N3O5S/c1-27(2)37-36(41)34(23-29-11-7-5-8-12-29)38(24-30-17-15-28(3)16-18-30)35(40)25-39(45(4,42)43)32-19-21-33(22-20-32)44-26-31-13-9-6-10-14-31/h5-22,27,34H,23-26H2,1-4H3,(H,37,41)/t34-/m0/s1. The van der Waals surface area contributed by atoms with Gasteiger partial charge in [-0.3, -0.25) is 13.9 Å². The molecular weight excluding hydrogens is 586 g/mol. The number of ether oxygens (including phenoxy) is 1. The lowest BCUT2D eigenvalue weighted by Gasteiger charge is -2.34. The number of hydrogen-bond donors (Lipinski definition) is 1. The quantitative estimate of drug-likeness (QED) is 0.199. The number of benzene rings is 4. The first-order valence-corrected chi connectivity index (χ1v) is 16.8. The molecule has 0 radical (unpaired) electrons. The number of carbonyl (C=O) groups is 2. The van der Waals surface area contributed by atoms with Crippen LogP contribution in [0.25, 0.3) is 0 Å². The van der Waals surface area contributed by atoms with Crippen LogP contribution >= 0.6 is 0 Å². The zero-order valence-corrected chi connectivity index (χ0v) is 27.0. The topological polar surface area (TPSA) is 96.0 Å². The summed E-state index contributed by atoms with van der Waals surface area (Å²) in [5.74, 6) is -0.234. The van der Waals surface area contributed by atoms with E-state index in [1.807, 2.05) is 106 Å². The Bertz CT molecular complexity index is 1640. The van der Waals surface area contributed by atoms with E-state index >= 15 is 0 Å². The Balaban J connectivity index is 1.63. The Kier molecular flexibility index (Phi) is 11.4. The van der Waals surface area contributed by atoms with Gasteiger partial charge in [-0.25, -0.2) is 8.42 Å². The average Bonchev–Trinajstić information content (AvgIpc) is 3.02. The summed E-state index contributed by atoms with van der Waals surface area (Å²) in [4.78, 5) is 29.4. The minimum Gasteiger partial charge on any atom is -0.489 e. The number of sulfonamides is 1. The van der Waals surface area contributed by atoms with E-state index in [9.17, 15) is 18.0 Å². The van der Waals surface area contributed by atoms with E-state index < -0.39 is 28.5 Å². The molecule has 4 rings (SSSR count). The van der Waals surface area contributed by atoms with Crippen molar-refractivity contribution in [1.29, 1.82) is 0 Å². The van der Waals surface area contributed by atoms with Crippen molar-refractivity contribution in [2.45, 2.75) is 52.4 Å². The van der Waals surface area contributed by atoms with Crippen LogP contribution in [0.3, 0.4) is 0 Å². The predicted molar refractivity (Wildman–Crippen MR) is 178 cm³/mol. The molecule has 0 aliphatic heterocycles. The third-order valence-electron chi connectivity index (χ3n) is 7.23. The van der Waals surface area contributed by atoms with Gasteiger partial charge in [0.25, 0.3) is 0 Å². The maximum atomic E-state index is 14.2. The lowest BCUT2D eigenvalue weighted by atomic mass is 10.0. The van der Waals surface area contributed by atoms with Gasteiger partial charge in [-0.05, 0) is 61.7 Å². The van der Waals surface area contributed by atoms with Gasteiger partial charge in [0.2, 0.25) is 21.8 Å². The van der Waals surface area contributed by atoms with Crippen molar-refractivity contribution >= 4 is 27.5 Å². The van der Waals surface area contributed by atoms with Crippen LogP contribution in [0.15, 0.2) is 109 Å². The molecule has 0 fully saturated rings. The molecule has 236 valence electrons. The summed E-state index contributed by atoms with van der Waals surface area (Å²) in [7, 11) is -3.87. The number of nitrogens with one attached hydrogen (secondary N) is 1. The first-order valence-electron chi connectivity index (χ1n) is 14.9. The zero-order valence-electron chi connectivity index (χ0n) is 26.2. The maximum absolute atomic E-state index is 14.2. The molecule has 1 N–H and O–H groups in total. The summed E-state index contributed by atoms with van der Waals surface area (Å²) in [6.45, 7) is 5.72. The van der Waals surface area contributed by atoms with Crippen LogP contribution in [-0.2, 0) is 39.2 Å². The highest BCUT2D eigenvalue weighted by atomic mass is 32.2. The number of nitrogens with zero attached hydrogens (tertiary/aromatic N) is 2. The van der Waals surface area contributed by atoms with Crippen molar-refractivity contribution < 1.29 is 22.7 Å². The molecule has 45 heavy (non-hydrogen) atoms. The first-order chi connectivity index (χ1) is 21.5. The molecule has 0 spiro atoms. The van der Waals surface area contributed by atoms with Crippen LogP contribution in [0.4, 0.5) is 5.69 Å². The second kappa shape index (κ2) is 15.4. The first kappa shape index (κ1) is 33.3. The molecule has 2 amide bonds. The monoisotopic (exact) mass is 627 g/mol. The van der Waals surface area contributed by atoms with Gasteiger partial charge < -0.3 is 15.0 Å². The lowest BCUT2D eigenvalue weighted by Crippen LogP contribution is -2.54. The molecule has 8 nitrogen and oxygen atoms in total. The van der Waals surface area contributed by atoms with E-state index in [0.29, 0.717) is 18.0 Å². The van der Waals surface area contributed by atoms with E-state index in [-0.39, 0.29) is 24.9 Å². The Morgan fingerprint density at radius 3 is 1.91 bits per heavy atom. The molecule has 4 aromatic rings. The molecule has 0 unspecified atom stereocenters. The van der Waals surface area contributed by atoms with Crippen LogP contribution in [-0.4, -0.2) is 50.0 Å². The minimum atomic E-state index is -3.87. The molecular formula is C36H41N3O5S. The van der Waals surface area contributed by atoms with Crippen molar-refractivity contribution in [2.24, 2.45) is 0 Å². The summed E-state index contributed by atoms with van der Waals surface area (Å²) in [6.07, 6.45) is 1.33. The predicted octanol–water partition coefficient (Wildman–Crippen LogP) is 5.50. The fraction of sp³-hybridized carbons (Fsp3) is 0.278. The van der Waals surface area contributed by atoms with Crippen molar-refractivity contribution in [3.8, 4) is 5.75 Å². The molecule has 0 aliphatic rings. The van der Waals surface area contributed by atoms with Crippen LogP contribution < -0.4 is 14.4 Å². The number of amides is 2. The Morgan fingerprint density at radius 1 is 0.778 bits per heavy atom. The highest BCUT2D eigenvalue weighted by Gasteiger charge is 2.33. The normalized spacial score (nSPS) is 11.9. The third-order valence-corrected chi connectivity index (χ3v) is 8.37. The highest BCUT2D eigenvalue weighted by molar-refractivity contribution is 7.92. The number of carbonyl (C=O) groups excluding carboxylic acids is 2. The van der Waals surface area contributed by atoms with Gasteiger partial charge in [-0.15, -0.1) is 0 Å². The van der Waals surface area contributed by atoms with Gasteiger partial charge in [0.1, 0.15) is 24.9 Å². The molecule has 0 aliphatic carbocycles. The second-order valence-electron chi connectivity index (χ2n) is 11.4. The van der Waals surface area contributed by atoms with Crippen LogP contribution in [0.2, 0.25) is 0 Å². The summed E-state index contributed by atoms with van der Waals surface area (Å²) >= 11 is 0. The molecule has 4 aromatic carbocycles. The van der Waals surface area contributed by atoms with Crippen molar-refractivity contribution in [3.05, 3.63) is 131 Å². The van der Waals surface area contributed by atoms with Gasteiger partial charge in [-0.2, -0.15) is 0 Å². The van der Waals surface area contributed by atoms with Crippen LogP contribution in [0.1, 0.15) is 36.1 Å². The van der Waals surface area contributed by atoms with Gasteiger partial charge in [0, 0.05) is 19.0 Å². The molecule has 0 aromatic heterocycles. The fourth-order valence-electron chi connectivity index (χ4n) is 4.89. The molecule has 1 atom stereocenters. The van der Waals surface area contributed by atoms with Gasteiger partial charge in [-0.1, -0.05) is 90.5 Å². The third kappa shape index (κ3) is 9.94. The number of hydrogen-bond acceptors (Lipinski definition) is 5. The summed E-state index contributed by atoms with van der Waals surface area (Å²) in [5.41, 5.74) is 4.10. The Morgan fingerprint density at radius 2 is 1.36 bits per heavy atom. The van der Waals surface area contributed by atoms with Crippen molar-refractivity contribution in [3.63, 3.8) is 0 Å². The largest absolute Gasteiger partial charge is 0.489 e. The van der Waals surface area contributed by atoms with Gasteiger partial charge in [0.05, 0.1) is 11.9 Å². The minimum absolute atomic E-state index is 0.131. The summed E-state index contributed by atoms with van der Waals surface area (Å²) in [6, 6.07) is 32.5. The van der Waals surface area contributed by atoms with E-state index in [1.54, 1.807) is 24.3 Å². The maximum Gasteiger partial charge on any atom is 0.244 e. The summed E-state index contributed by atoms with van der Waals surface area (Å²) in [5, 5.41) is 2.96. The van der Waals surface area contributed by atoms with E-state index in [0.717, 1.165) is 32.8 Å². The van der Waals surface area contributed by atoms with Gasteiger partial charge in [0.15, 0.2) is 0 Å². The highest BCUT2D eigenvalue weighted by Crippen LogP contribution is 2.24. The molecule has 0 saturated carbocycles. The fourth-order valence-corrected chi connectivity index (χ4v) is 5.74. The van der Waals surface area contributed by atoms with E-state index in [2.05, 4.69) is 5.32 Å². The molecule has 0 bridgehead atoms. The van der Waals surface area contributed by atoms with Gasteiger partial charge >= 0.3 is 0 Å². The zero-order chi connectivity index (χ0) is 32.4. The molecule has 9 heteroatoms. The SMILES string of the molecule is Cc1ccc(CN(C(=O)CN(c2ccc(OCc3ccccc3)cc2)S(C)(=O)=O)[C@@H](Cc2ccccc2)C(=O)NC(C)C)cc1. The van der Waals surface area contributed by atoms with Crippen LogP contribution in [0, 0.1) is 6.92 Å². The smallest absolute Gasteiger partial charge is 0.244 e. The lowest BCUT2D eigenvalue weighted by molar-refractivity contribution is -0.140. The number of anilines is 1. The number of rotatable bonds is 14. The Hall–Kier alpha value is -4.63. The molecule has 0 heterocycles. The molecule has 0 saturated heterocycles. The average molecular weight is 628 g/mol.